The zero-order valence-corrected chi connectivity index (χ0v) is 13.4. The molecule has 0 amide bonds. The van der Waals surface area contributed by atoms with Crippen LogP contribution in [0.4, 0.5) is 0 Å². The first-order valence-corrected chi connectivity index (χ1v) is 8.27. The maximum Gasteiger partial charge on any atom is 0.0191 e. The van der Waals surface area contributed by atoms with Crippen LogP contribution in [-0.4, -0.2) is 4.98 Å². The Morgan fingerprint density at radius 3 is 1.96 bits per heavy atom. The summed E-state index contributed by atoms with van der Waals surface area (Å²) in [5.41, 5.74) is 7.68. The third-order valence-electron chi connectivity index (χ3n) is 4.36. The van der Waals surface area contributed by atoms with Gasteiger partial charge in [0.15, 0.2) is 0 Å². The molecule has 4 aromatic rings. The van der Waals surface area contributed by atoms with Crippen LogP contribution in [0, 0.1) is 0 Å². The molecular formula is C23H19N. The Morgan fingerprint density at radius 1 is 0.542 bits per heavy atom. The SMILES string of the molecule is c1ccc(-c2ccccc2-c2ccccc2Cc2ccc[nH]2)cc1. The molecule has 1 nitrogen and oxygen atoms in total. The number of aromatic nitrogens is 1. The number of rotatable bonds is 4. The molecule has 0 atom stereocenters. The highest BCUT2D eigenvalue weighted by molar-refractivity contribution is 5.84. The molecule has 1 N–H and O–H groups in total. The Labute approximate surface area is 142 Å². The first kappa shape index (κ1) is 14.5. The minimum absolute atomic E-state index is 0.909. The Kier molecular flexibility index (Phi) is 3.99. The molecule has 0 fully saturated rings. The number of nitrogens with one attached hydrogen (secondary N) is 1. The first-order chi connectivity index (χ1) is 11.9. The summed E-state index contributed by atoms with van der Waals surface area (Å²) in [6.45, 7) is 0. The maximum atomic E-state index is 3.31. The van der Waals surface area contributed by atoms with Crippen molar-refractivity contribution in [3.63, 3.8) is 0 Å². The highest BCUT2D eigenvalue weighted by atomic mass is 14.7. The Balaban J connectivity index is 1.83. The number of H-pyrrole nitrogens is 1. The molecule has 4 rings (SSSR count). The molecule has 24 heavy (non-hydrogen) atoms. The van der Waals surface area contributed by atoms with E-state index in [2.05, 4.69) is 96.0 Å². The lowest BCUT2D eigenvalue weighted by atomic mass is 9.90. The van der Waals surface area contributed by atoms with Crippen molar-refractivity contribution in [2.24, 2.45) is 0 Å². The van der Waals surface area contributed by atoms with Crippen LogP contribution in [0.25, 0.3) is 22.3 Å². The second-order valence-electron chi connectivity index (χ2n) is 5.94. The van der Waals surface area contributed by atoms with Crippen LogP contribution in [0.1, 0.15) is 11.3 Å². The van der Waals surface area contributed by atoms with Crippen LogP contribution in [0.15, 0.2) is 97.2 Å². The van der Waals surface area contributed by atoms with Gasteiger partial charge in [0, 0.05) is 18.3 Å². The highest BCUT2D eigenvalue weighted by Crippen LogP contribution is 2.34. The molecule has 1 heterocycles. The standard InChI is InChI=1S/C23H19N/c1-2-9-18(10-3-1)21-13-6-7-15-23(21)22-14-5-4-11-19(22)17-20-12-8-16-24-20/h1-16,24H,17H2. The van der Waals surface area contributed by atoms with E-state index < -0.39 is 0 Å². The minimum atomic E-state index is 0.909. The van der Waals surface area contributed by atoms with E-state index in [-0.39, 0.29) is 0 Å². The summed E-state index contributed by atoms with van der Waals surface area (Å²) in [6.07, 6.45) is 2.89. The zero-order chi connectivity index (χ0) is 16.2. The second kappa shape index (κ2) is 6.59. The molecule has 116 valence electrons. The van der Waals surface area contributed by atoms with Crippen molar-refractivity contribution in [1.82, 2.24) is 4.98 Å². The van der Waals surface area contributed by atoms with Crippen LogP contribution in [0.3, 0.4) is 0 Å². The summed E-state index contributed by atoms with van der Waals surface area (Å²) in [7, 11) is 0. The number of benzene rings is 3. The average molecular weight is 309 g/mol. The molecule has 0 saturated carbocycles. The van der Waals surface area contributed by atoms with Gasteiger partial charge in [0.05, 0.1) is 0 Å². The van der Waals surface area contributed by atoms with Crippen molar-refractivity contribution in [3.05, 3.63) is 108 Å². The summed E-state index contributed by atoms with van der Waals surface area (Å²) in [5, 5.41) is 0. The smallest absolute Gasteiger partial charge is 0.0191 e. The van der Waals surface area contributed by atoms with Gasteiger partial charge in [0.1, 0.15) is 0 Å². The lowest BCUT2D eigenvalue weighted by Gasteiger charge is -2.14. The molecule has 3 aromatic carbocycles. The van der Waals surface area contributed by atoms with Gasteiger partial charge in [-0.05, 0) is 39.9 Å². The van der Waals surface area contributed by atoms with Crippen molar-refractivity contribution < 1.29 is 0 Å². The van der Waals surface area contributed by atoms with Crippen molar-refractivity contribution in [3.8, 4) is 22.3 Å². The van der Waals surface area contributed by atoms with Crippen LogP contribution >= 0.6 is 0 Å². The van der Waals surface area contributed by atoms with Crippen LogP contribution in [0.2, 0.25) is 0 Å². The normalized spacial score (nSPS) is 10.7. The van der Waals surface area contributed by atoms with Gasteiger partial charge in [0.2, 0.25) is 0 Å². The molecule has 0 bridgehead atoms. The van der Waals surface area contributed by atoms with E-state index in [1.165, 1.54) is 33.5 Å². The zero-order valence-electron chi connectivity index (χ0n) is 13.4. The van der Waals surface area contributed by atoms with Crippen molar-refractivity contribution in [2.45, 2.75) is 6.42 Å². The Bertz CT molecular complexity index is 921. The molecule has 0 aliphatic heterocycles. The van der Waals surface area contributed by atoms with Gasteiger partial charge in [-0.2, -0.15) is 0 Å². The monoisotopic (exact) mass is 309 g/mol. The summed E-state index contributed by atoms with van der Waals surface area (Å²) in [6, 6.07) is 32.1. The molecule has 0 saturated heterocycles. The summed E-state index contributed by atoms with van der Waals surface area (Å²) in [4.78, 5) is 3.31. The van der Waals surface area contributed by atoms with Gasteiger partial charge in [-0.3, -0.25) is 0 Å². The van der Waals surface area contributed by atoms with Gasteiger partial charge in [-0.25, -0.2) is 0 Å². The van der Waals surface area contributed by atoms with E-state index in [0.717, 1.165) is 6.42 Å². The van der Waals surface area contributed by atoms with Gasteiger partial charge >= 0.3 is 0 Å². The minimum Gasteiger partial charge on any atom is -0.365 e. The molecule has 1 aromatic heterocycles. The fourth-order valence-corrected chi connectivity index (χ4v) is 3.21. The number of aromatic amines is 1. The summed E-state index contributed by atoms with van der Waals surface area (Å²) in [5.74, 6) is 0. The Morgan fingerprint density at radius 2 is 1.21 bits per heavy atom. The van der Waals surface area contributed by atoms with Gasteiger partial charge in [0.25, 0.3) is 0 Å². The van der Waals surface area contributed by atoms with E-state index in [9.17, 15) is 0 Å². The van der Waals surface area contributed by atoms with E-state index in [4.69, 9.17) is 0 Å². The molecule has 1 heteroatoms. The average Bonchev–Trinajstić information content (AvgIpc) is 3.16. The molecule has 0 radical (unpaired) electrons. The molecule has 0 aliphatic rings. The lowest BCUT2D eigenvalue weighted by Crippen LogP contribution is -1.94. The van der Waals surface area contributed by atoms with Crippen LogP contribution in [-0.2, 0) is 6.42 Å². The third kappa shape index (κ3) is 2.89. The van der Waals surface area contributed by atoms with Crippen molar-refractivity contribution in [1.29, 1.82) is 0 Å². The molecule has 0 unspecified atom stereocenters. The Hall–Kier alpha value is -3.06. The van der Waals surface area contributed by atoms with Crippen molar-refractivity contribution in [2.75, 3.05) is 0 Å². The predicted octanol–water partition coefficient (Wildman–Crippen LogP) is 5.94. The molecule has 0 aliphatic carbocycles. The quantitative estimate of drug-likeness (QED) is 0.480. The van der Waals surface area contributed by atoms with E-state index in [0.29, 0.717) is 0 Å². The third-order valence-corrected chi connectivity index (χ3v) is 4.36. The number of hydrogen-bond acceptors (Lipinski definition) is 0. The highest BCUT2D eigenvalue weighted by Gasteiger charge is 2.11. The fraction of sp³-hybridized carbons (Fsp3) is 0.0435. The second-order valence-corrected chi connectivity index (χ2v) is 5.94. The van der Waals surface area contributed by atoms with E-state index in [1.807, 2.05) is 6.20 Å². The van der Waals surface area contributed by atoms with Crippen molar-refractivity contribution >= 4 is 0 Å². The largest absolute Gasteiger partial charge is 0.365 e. The summed E-state index contributed by atoms with van der Waals surface area (Å²) < 4.78 is 0. The summed E-state index contributed by atoms with van der Waals surface area (Å²) >= 11 is 0. The van der Waals surface area contributed by atoms with Gasteiger partial charge < -0.3 is 4.98 Å². The fourth-order valence-electron chi connectivity index (χ4n) is 3.21. The predicted molar refractivity (Wildman–Crippen MR) is 101 cm³/mol. The topological polar surface area (TPSA) is 15.8 Å². The number of hydrogen-bond donors (Lipinski definition) is 1. The van der Waals surface area contributed by atoms with Gasteiger partial charge in [-0.1, -0.05) is 78.9 Å². The lowest BCUT2D eigenvalue weighted by molar-refractivity contribution is 1.11. The van der Waals surface area contributed by atoms with Crippen LogP contribution < -0.4 is 0 Å². The van der Waals surface area contributed by atoms with Gasteiger partial charge in [-0.15, -0.1) is 0 Å². The first-order valence-electron chi connectivity index (χ1n) is 8.27. The van der Waals surface area contributed by atoms with E-state index in [1.54, 1.807) is 0 Å². The molecule has 0 spiro atoms. The van der Waals surface area contributed by atoms with Crippen LogP contribution in [0.5, 0.6) is 0 Å². The molecular weight excluding hydrogens is 290 g/mol. The van der Waals surface area contributed by atoms with E-state index >= 15 is 0 Å². The maximum absolute atomic E-state index is 3.31.